The molecule has 3 aliphatic rings. The van der Waals surface area contributed by atoms with Crippen LogP contribution >= 0.6 is 11.3 Å². The van der Waals surface area contributed by atoms with E-state index in [1.54, 1.807) is 30.1 Å². The van der Waals surface area contributed by atoms with E-state index in [-0.39, 0.29) is 12.2 Å². The summed E-state index contributed by atoms with van der Waals surface area (Å²) in [6.45, 7) is 2.93. The Kier molecular flexibility index (Phi) is 5.66. The third kappa shape index (κ3) is 3.46. The highest BCUT2D eigenvalue weighted by Crippen LogP contribution is 2.48. The van der Waals surface area contributed by atoms with Gasteiger partial charge in [-0.1, -0.05) is 35.9 Å². The van der Waals surface area contributed by atoms with Gasteiger partial charge in [-0.05, 0) is 62.1 Å². The zero-order valence-electron chi connectivity index (χ0n) is 20.1. The van der Waals surface area contributed by atoms with Crippen LogP contribution in [0.2, 0.25) is 0 Å². The van der Waals surface area contributed by atoms with Crippen molar-refractivity contribution in [1.82, 2.24) is 19.5 Å². The number of thiazole rings is 1. The van der Waals surface area contributed by atoms with Gasteiger partial charge in [0.25, 0.3) is 10.0 Å². The molecule has 6 rings (SSSR count). The van der Waals surface area contributed by atoms with Crippen molar-refractivity contribution < 1.29 is 17.6 Å². The van der Waals surface area contributed by atoms with Crippen LogP contribution in [0.4, 0.5) is 4.39 Å². The maximum Gasteiger partial charge on any atom is 0.268 e. The average Bonchev–Trinajstić information content (AvgIpc) is 3.58. The number of ketones is 1. The standard InChI is InChI=1S/C27H25FN4O3S2/c1-18-4-2-3-10-27(18,20-5-7-22(28)8-6-20)37(34,35)32-24-12-21-9-11-29-16-26(21,13-19(24)14-31-32)25(33)23-15-36-17-30-23/h2-8,12,14-15,17,29H,9-11,13,16H2,1H3/t26-,27?/m0/s1. The summed E-state index contributed by atoms with van der Waals surface area (Å²) in [6.07, 6.45) is 9.98. The van der Waals surface area contributed by atoms with Gasteiger partial charge in [0.15, 0.2) is 5.78 Å². The fourth-order valence-corrected chi connectivity index (χ4v) is 8.53. The van der Waals surface area contributed by atoms with E-state index in [2.05, 4.69) is 15.4 Å². The molecule has 0 spiro atoms. The van der Waals surface area contributed by atoms with Crippen molar-refractivity contribution in [3.05, 3.63) is 99.1 Å². The monoisotopic (exact) mass is 536 g/mol. The van der Waals surface area contributed by atoms with Gasteiger partial charge in [-0.2, -0.15) is 9.19 Å². The summed E-state index contributed by atoms with van der Waals surface area (Å²) in [7, 11) is -4.15. The number of nitrogens with zero attached hydrogens (tertiary/aromatic N) is 3. The van der Waals surface area contributed by atoms with Crippen molar-refractivity contribution in [3.8, 4) is 0 Å². The van der Waals surface area contributed by atoms with Gasteiger partial charge < -0.3 is 5.32 Å². The number of Topliss-reactive ketones (excluding diaryl/α,β-unsaturated/α-hetero) is 1. The number of allylic oxidation sites excluding steroid dienone is 3. The zero-order chi connectivity index (χ0) is 25.8. The summed E-state index contributed by atoms with van der Waals surface area (Å²) in [5.74, 6) is -0.495. The number of carbonyl (C=O) groups excluding carboxylic acids is 1. The van der Waals surface area contributed by atoms with Crippen LogP contribution in [0.25, 0.3) is 6.08 Å². The molecule has 3 heterocycles. The van der Waals surface area contributed by atoms with E-state index in [0.717, 1.165) is 9.66 Å². The molecule has 2 atom stereocenters. The highest BCUT2D eigenvalue weighted by atomic mass is 32.2. The first-order valence-electron chi connectivity index (χ1n) is 12.1. The van der Waals surface area contributed by atoms with E-state index in [9.17, 15) is 17.6 Å². The van der Waals surface area contributed by atoms with Gasteiger partial charge in [0, 0.05) is 17.5 Å². The molecule has 2 aliphatic carbocycles. The van der Waals surface area contributed by atoms with Gasteiger partial charge in [0.05, 0.1) is 22.8 Å². The van der Waals surface area contributed by atoms with Gasteiger partial charge in [0.1, 0.15) is 16.3 Å². The number of nitrogens with one attached hydrogen (secondary N) is 1. The molecule has 10 heteroatoms. The number of rotatable bonds is 5. The Morgan fingerprint density at radius 3 is 2.78 bits per heavy atom. The minimum atomic E-state index is -4.15. The molecule has 1 saturated heterocycles. The van der Waals surface area contributed by atoms with E-state index in [4.69, 9.17) is 0 Å². The first-order valence-corrected chi connectivity index (χ1v) is 14.4. The number of fused-ring (bicyclic) bond motifs is 2. The molecule has 0 amide bonds. The van der Waals surface area contributed by atoms with Crippen LogP contribution in [0.5, 0.6) is 0 Å². The fraction of sp³-hybridized carbons (Fsp3) is 0.296. The second-order valence-electron chi connectivity index (χ2n) is 9.78. The molecule has 1 unspecified atom stereocenters. The summed E-state index contributed by atoms with van der Waals surface area (Å²) >= 11 is 1.37. The molecule has 190 valence electrons. The summed E-state index contributed by atoms with van der Waals surface area (Å²) < 4.78 is 42.5. The van der Waals surface area contributed by atoms with Crippen LogP contribution in [0.15, 0.2) is 70.7 Å². The summed E-state index contributed by atoms with van der Waals surface area (Å²) in [6, 6.07) is 5.63. The van der Waals surface area contributed by atoms with E-state index in [1.807, 2.05) is 18.2 Å². The Hall–Kier alpha value is -3.21. The number of piperidine rings is 1. The normalized spacial score (nSPS) is 25.1. The lowest BCUT2D eigenvalue weighted by Crippen LogP contribution is -2.50. The third-order valence-electron chi connectivity index (χ3n) is 7.87. The molecular formula is C27H25FN4O3S2. The molecule has 1 aromatic carbocycles. The molecule has 0 saturated carbocycles. The van der Waals surface area contributed by atoms with Gasteiger partial charge in [-0.15, -0.1) is 11.3 Å². The predicted octanol–water partition coefficient (Wildman–Crippen LogP) is 4.26. The number of carbonyl (C=O) groups is 1. The molecule has 0 bridgehead atoms. The minimum Gasteiger partial charge on any atom is -0.315 e. The minimum absolute atomic E-state index is 0.0626. The lowest BCUT2D eigenvalue weighted by atomic mass is 9.66. The zero-order valence-corrected chi connectivity index (χ0v) is 21.8. The maximum absolute atomic E-state index is 14.5. The second kappa shape index (κ2) is 8.68. The quantitative estimate of drug-likeness (QED) is 0.490. The first-order chi connectivity index (χ1) is 17.8. The molecule has 0 radical (unpaired) electrons. The Morgan fingerprint density at radius 1 is 1.24 bits per heavy atom. The second-order valence-corrected chi connectivity index (χ2v) is 12.5. The summed E-state index contributed by atoms with van der Waals surface area (Å²) in [5.41, 5.74) is 4.41. The first kappa shape index (κ1) is 24.1. The van der Waals surface area contributed by atoms with Gasteiger partial charge in [-0.3, -0.25) is 4.79 Å². The molecule has 37 heavy (non-hydrogen) atoms. The van der Waals surface area contributed by atoms with Crippen molar-refractivity contribution in [2.45, 2.75) is 30.9 Å². The highest BCUT2D eigenvalue weighted by Gasteiger charge is 2.52. The molecular weight excluding hydrogens is 511 g/mol. The van der Waals surface area contributed by atoms with Crippen LogP contribution in [-0.4, -0.2) is 41.5 Å². The molecule has 1 aliphatic heterocycles. The summed E-state index contributed by atoms with van der Waals surface area (Å²) in [4.78, 5) is 17.9. The predicted molar refractivity (Wildman–Crippen MR) is 140 cm³/mol. The van der Waals surface area contributed by atoms with E-state index in [0.29, 0.717) is 54.0 Å². The topological polar surface area (TPSA) is 94.0 Å². The highest BCUT2D eigenvalue weighted by molar-refractivity contribution is 7.91. The van der Waals surface area contributed by atoms with E-state index < -0.39 is 26.0 Å². The van der Waals surface area contributed by atoms with Crippen LogP contribution in [-0.2, 0) is 21.2 Å². The molecule has 1 fully saturated rings. The van der Waals surface area contributed by atoms with Crippen LogP contribution < -0.4 is 5.32 Å². The Bertz CT molecular complexity index is 1590. The van der Waals surface area contributed by atoms with Gasteiger partial charge >= 0.3 is 0 Å². The lowest BCUT2D eigenvalue weighted by molar-refractivity contribution is 0.0813. The fourth-order valence-electron chi connectivity index (χ4n) is 5.89. The Morgan fingerprint density at radius 2 is 2.05 bits per heavy atom. The van der Waals surface area contributed by atoms with Crippen molar-refractivity contribution in [2.24, 2.45) is 5.41 Å². The number of hydrogen-bond acceptors (Lipinski definition) is 7. The molecule has 2 aromatic heterocycles. The molecule has 3 aromatic rings. The Balaban J connectivity index is 1.50. The van der Waals surface area contributed by atoms with Gasteiger partial charge in [-0.25, -0.2) is 17.8 Å². The van der Waals surface area contributed by atoms with E-state index >= 15 is 0 Å². The van der Waals surface area contributed by atoms with Crippen molar-refractivity contribution in [3.63, 3.8) is 0 Å². The van der Waals surface area contributed by atoms with Crippen LogP contribution in [0, 0.1) is 11.2 Å². The largest absolute Gasteiger partial charge is 0.315 e. The van der Waals surface area contributed by atoms with Crippen molar-refractivity contribution in [1.29, 1.82) is 0 Å². The van der Waals surface area contributed by atoms with Gasteiger partial charge in [0.2, 0.25) is 0 Å². The Labute approximate surface area is 218 Å². The number of halogens is 1. The van der Waals surface area contributed by atoms with Crippen LogP contribution in [0.1, 0.15) is 47.1 Å². The van der Waals surface area contributed by atoms with E-state index in [1.165, 1.54) is 35.6 Å². The third-order valence-corrected chi connectivity index (χ3v) is 10.8. The SMILES string of the molecule is CC1=CC=CCC1(c1ccc(F)cc1)S(=O)(=O)n1ncc2c1C=C1CCNC[C@@]1(C(=O)c1cscn1)C2. The van der Waals surface area contributed by atoms with Crippen molar-refractivity contribution >= 4 is 33.2 Å². The number of aromatic nitrogens is 3. The average molecular weight is 537 g/mol. The molecule has 7 nitrogen and oxygen atoms in total. The molecule has 1 N–H and O–H groups in total. The summed E-state index contributed by atoms with van der Waals surface area (Å²) in [5, 5.41) is 9.49. The number of hydrogen-bond donors (Lipinski definition) is 1. The van der Waals surface area contributed by atoms with Crippen LogP contribution in [0.3, 0.4) is 0 Å². The number of benzene rings is 1. The lowest BCUT2D eigenvalue weighted by Gasteiger charge is -2.41. The van der Waals surface area contributed by atoms with Crippen molar-refractivity contribution in [2.75, 3.05) is 13.1 Å². The maximum atomic E-state index is 14.5. The smallest absolute Gasteiger partial charge is 0.268 e.